The molecule has 0 amide bonds. The highest BCUT2D eigenvalue weighted by atomic mass is 16.5. The van der Waals surface area contributed by atoms with Crippen molar-refractivity contribution in [1.82, 2.24) is 9.97 Å². The number of nitrogens with one attached hydrogen (secondary N) is 1. The van der Waals surface area contributed by atoms with Gasteiger partial charge in [0.05, 0.1) is 5.56 Å². The Morgan fingerprint density at radius 3 is 2.45 bits per heavy atom. The molecule has 1 aromatic heterocycles. The van der Waals surface area contributed by atoms with Crippen LogP contribution < -0.4 is 5.56 Å². The molecule has 2 fully saturated rings. The lowest BCUT2D eigenvalue weighted by molar-refractivity contribution is -0.0169. The molecule has 3 rings (SSSR count). The molecule has 2 N–H and O–H groups in total. The van der Waals surface area contributed by atoms with E-state index in [4.69, 9.17) is 4.74 Å². The van der Waals surface area contributed by atoms with Crippen molar-refractivity contribution in [2.24, 2.45) is 0 Å². The van der Waals surface area contributed by atoms with Gasteiger partial charge < -0.3 is 14.8 Å². The molecule has 5 nitrogen and oxygen atoms in total. The maximum Gasteiger partial charge on any atom is 0.258 e. The zero-order valence-corrected chi connectivity index (χ0v) is 11.9. The number of ether oxygens (including phenoxy) is 1. The summed E-state index contributed by atoms with van der Waals surface area (Å²) in [4.78, 5) is 19.5. The molecule has 5 heteroatoms. The smallest absolute Gasteiger partial charge is 0.258 e. The van der Waals surface area contributed by atoms with Crippen LogP contribution in [0.4, 0.5) is 0 Å². The zero-order valence-electron chi connectivity index (χ0n) is 11.9. The summed E-state index contributed by atoms with van der Waals surface area (Å²) in [5.74, 6) is 0.545. The van der Waals surface area contributed by atoms with Gasteiger partial charge in [0.15, 0.2) is 0 Å². The van der Waals surface area contributed by atoms with E-state index in [9.17, 15) is 9.90 Å². The molecule has 0 atom stereocenters. The molecule has 2 saturated carbocycles. The van der Waals surface area contributed by atoms with E-state index in [2.05, 4.69) is 9.97 Å². The molecule has 1 heterocycles. The molecule has 0 bridgehead atoms. The third-order valence-corrected chi connectivity index (χ3v) is 4.93. The number of aromatic nitrogens is 2. The maximum absolute atomic E-state index is 12.4. The summed E-state index contributed by atoms with van der Waals surface area (Å²) in [5.41, 5.74) is -0.247. The molecular formula is C15H22N2O3. The van der Waals surface area contributed by atoms with Crippen molar-refractivity contribution in [3.05, 3.63) is 21.7 Å². The lowest BCUT2D eigenvalue weighted by atomic mass is 9.98. The van der Waals surface area contributed by atoms with Gasteiger partial charge in [0, 0.05) is 7.11 Å². The normalized spacial score (nSPS) is 22.4. The SMILES string of the molecule is COC1(c2nc(O)c(C3CCCC3)c(=O)[nH]2)CCCC1. The highest BCUT2D eigenvalue weighted by Crippen LogP contribution is 2.41. The summed E-state index contributed by atoms with van der Waals surface area (Å²) >= 11 is 0. The Morgan fingerprint density at radius 1 is 1.25 bits per heavy atom. The lowest BCUT2D eigenvalue weighted by Gasteiger charge is -2.26. The van der Waals surface area contributed by atoms with Crippen molar-refractivity contribution < 1.29 is 9.84 Å². The maximum atomic E-state index is 12.4. The number of aromatic amines is 1. The van der Waals surface area contributed by atoms with Crippen LogP contribution in [-0.4, -0.2) is 22.2 Å². The highest BCUT2D eigenvalue weighted by Gasteiger charge is 2.39. The minimum Gasteiger partial charge on any atom is -0.493 e. The second-order valence-corrected chi connectivity index (χ2v) is 6.04. The van der Waals surface area contributed by atoms with Gasteiger partial charge in [-0.25, -0.2) is 0 Å². The van der Waals surface area contributed by atoms with E-state index in [1.165, 1.54) is 0 Å². The molecule has 2 aliphatic rings. The van der Waals surface area contributed by atoms with Crippen LogP contribution >= 0.6 is 0 Å². The number of methoxy groups -OCH3 is 1. The van der Waals surface area contributed by atoms with Crippen LogP contribution in [0.5, 0.6) is 5.88 Å². The van der Waals surface area contributed by atoms with Gasteiger partial charge in [0.25, 0.3) is 5.56 Å². The van der Waals surface area contributed by atoms with Gasteiger partial charge in [-0.1, -0.05) is 12.8 Å². The van der Waals surface area contributed by atoms with E-state index in [0.29, 0.717) is 11.4 Å². The van der Waals surface area contributed by atoms with E-state index < -0.39 is 5.60 Å². The van der Waals surface area contributed by atoms with Crippen LogP contribution in [0.25, 0.3) is 0 Å². The molecular weight excluding hydrogens is 256 g/mol. The molecule has 0 saturated heterocycles. The van der Waals surface area contributed by atoms with E-state index in [-0.39, 0.29) is 17.4 Å². The lowest BCUT2D eigenvalue weighted by Crippen LogP contribution is -2.31. The van der Waals surface area contributed by atoms with Crippen molar-refractivity contribution in [2.45, 2.75) is 62.9 Å². The number of aromatic hydroxyl groups is 1. The molecule has 0 aliphatic heterocycles. The molecule has 0 radical (unpaired) electrons. The second kappa shape index (κ2) is 5.20. The zero-order chi connectivity index (χ0) is 14.2. The van der Waals surface area contributed by atoms with Crippen LogP contribution in [0.15, 0.2) is 4.79 Å². The molecule has 20 heavy (non-hydrogen) atoms. The van der Waals surface area contributed by atoms with E-state index in [1.807, 2.05) is 0 Å². The summed E-state index contributed by atoms with van der Waals surface area (Å²) in [5, 5.41) is 10.2. The Balaban J connectivity index is 2.01. The van der Waals surface area contributed by atoms with Crippen LogP contribution in [0.2, 0.25) is 0 Å². The van der Waals surface area contributed by atoms with Gasteiger partial charge in [-0.2, -0.15) is 4.98 Å². The summed E-state index contributed by atoms with van der Waals surface area (Å²) in [6.07, 6.45) is 7.97. The number of rotatable bonds is 3. The Hall–Kier alpha value is -1.36. The first-order chi connectivity index (χ1) is 9.66. The fourth-order valence-corrected chi connectivity index (χ4v) is 3.75. The Bertz CT molecular complexity index is 541. The van der Waals surface area contributed by atoms with E-state index in [0.717, 1.165) is 51.4 Å². The van der Waals surface area contributed by atoms with Gasteiger partial charge in [-0.3, -0.25) is 4.79 Å². The average Bonchev–Trinajstić information content (AvgIpc) is 3.10. The molecule has 110 valence electrons. The molecule has 0 aromatic carbocycles. The van der Waals surface area contributed by atoms with Crippen molar-refractivity contribution in [2.75, 3.05) is 7.11 Å². The van der Waals surface area contributed by atoms with Crippen molar-refractivity contribution in [1.29, 1.82) is 0 Å². The van der Waals surface area contributed by atoms with Gasteiger partial charge in [0.1, 0.15) is 11.4 Å². The predicted molar refractivity (Wildman–Crippen MR) is 74.9 cm³/mol. The topological polar surface area (TPSA) is 75.2 Å². The third kappa shape index (κ3) is 2.14. The summed E-state index contributed by atoms with van der Waals surface area (Å²) in [7, 11) is 1.65. The summed E-state index contributed by atoms with van der Waals surface area (Å²) in [6.45, 7) is 0. The summed E-state index contributed by atoms with van der Waals surface area (Å²) in [6, 6.07) is 0. The van der Waals surface area contributed by atoms with Crippen molar-refractivity contribution in [3.8, 4) is 5.88 Å². The summed E-state index contributed by atoms with van der Waals surface area (Å²) < 4.78 is 5.62. The average molecular weight is 278 g/mol. The minimum atomic E-state index is -0.523. The Labute approximate surface area is 118 Å². The number of hydrogen-bond donors (Lipinski definition) is 2. The fraction of sp³-hybridized carbons (Fsp3) is 0.733. The van der Waals surface area contributed by atoms with E-state index in [1.54, 1.807) is 7.11 Å². The Kier molecular flexibility index (Phi) is 3.54. The largest absolute Gasteiger partial charge is 0.493 e. The van der Waals surface area contributed by atoms with Gasteiger partial charge in [-0.05, 0) is 44.4 Å². The van der Waals surface area contributed by atoms with Gasteiger partial charge in [0.2, 0.25) is 5.88 Å². The number of H-pyrrole nitrogens is 1. The van der Waals surface area contributed by atoms with Crippen LogP contribution in [0.1, 0.15) is 68.7 Å². The van der Waals surface area contributed by atoms with Crippen LogP contribution in [0, 0.1) is 0 Å². The number of hydrogen-bond acceptors (Lipinski definition) is 4. The van der Waals surface area contributed by atoms with Gasteiger partial charge in [-0.15, -0.1) is 0 Å². The first-order valence-corrected chi connectivity index (χ1v) is 7.55. The number of nitrogens with zero attached hydrogens (tertiary/aromatic N) is 1. The standard InChI is InChI=1S/C15H22N2O3/c1-20-15(8-4-5-9-15)14-16-12(18)11(13(19)17-14)10-6-2-3-7-10/h10H,2-9H2,1H3,(H2,16,17,18,19). The fourth-order valence-electron chi connectivity index (χ4n) is 3.75. The van der Waals surface area contributed by atoms with Crippen LogP contribution in [0.3, 0.4) is 0 Å². The van der Waals surface area contributed by atoms with Crippen molar-refractivity contribution in [3.63, 3.8) is 0 Å². The van der Waals surface area contributed by atoms with Gasteiger partial charge >= 0.3 is 0 Å². The van der Waals surface area contributed by atoms with Crippen molar-refractivity contribution >= 4 is 0 Å². The minimum absolute atomic E-state index is 0.0982. The monoisotopic (exact) mass is 278 g/mol. The van der Waals surface area contributed by atoms with E-state index >= 15 is 0 Å². The quantitative estimate of drug-likeness (QED) is 0.891. The Morgan fingerprint density at radius 2 is 1.90 bits per heavy atom. The third-order valence-electron chi connectivity index (χ3n) is 4.93. The first-order valence-electron chi connectivity index (χ1n) is 7.55. The predicted octanol–water partition coefficient (Wildman–Crippen LogP) is 2.55. The highest BCUT2D eigenvalue weighted by molar-refractivity contribution is 5.28. The molecule has 1 aromatic rings. The molecule has 0 spiro atoms. The van der Waals surface area contributed by atoms with Crippen LogP contribution in [-0.2, 0) is 10.3 Å². The molecule has 0 unspecified atom stereocenters. The molecule has 2 aliphatic carbocycles. The first kappa shape index (κ1) is 13.6. The second-order valence-electron chi connectivity index (χ2n) is 6.04.